The molecule has 2 aromatic carbocycles. The molecule has 4 rings (SSSR count). The molecule has 1 amide bonds. The second kappa shape index (κ2) is 7.74. The maximum absolute atomic E-state index is 13.0. The molecule has 1 unspecified atom stereocenters. The smallest absolute Gasteiger partial charge is 0.265 e. The van der Waals surface area contributed by atoms with Crippen LogP contribution in [-0.2, 0) is 4.79 Å². The van der Waals surface area contributed by atoms with Gasteiger partial charge in [-0.25, -0.2) is 14.4 Å². The maximum Gasteiger partial charge on any atom is 0.265 e. The van der Waals surface area contributed by atoms with Gasteiger partial charge in [0.05, 0.1) is 0 Å². The number of amides is 1. The molecule has 0 bridgehead atoms. The summed E-state index contributed by atoms with van der Waals surface area (Å²) in [6, 6.07) is 16.8. The highest BCUT2D eigenvalue weighted by Crippen LogP contribution is 2.30. The molecule has 7 heteroatoms. The second-order valence-electron chi connectivity index (χ2n) is 6.13. The number of benzene rings is 2. The number of rotatable bonds is 5. The molecule has 0 fully saturated rings. The van der Waals surface area contributed by atoms with Crippen LogP contribution in [0.3, 0.4) is 0 Å². The molecule has 0 aliphatic heterocycles. The van der Waals surface area contributed by atoms with Gasteiger partial charge in [-0.05, 0) is 55.5 Å². The third-order valence-electron chi connectivity index (χ3n) is 4.04. The second-order valence-corrected chi connectivity index (χ2v) is 7.11. The highest BCUT2D eigenvalue weighted by molar-refractivity contribution is 7.21. The fourth-order valence-corrected chi connectivity index (χ4v) is 3.54. The summed E-state index contributed by atoms with van der Waals surface area (Å²) in [5.74, 6) is -0.224. The minimum Gasteiger partial charge on any atom is -0.481 e. The minimum absolute atomic E-state index is 0.299. The third kappa shape index (κ3) is 3.99. The number of hydrogen-bond donors (Lipinski definition) is 1. The number of carbonyl (C=O) groups is 1. The van der Waals surface area contributed by atoms with E-state index in [9.17, 15) is 9.18 Å². The van der Waals surface area contributed by atoms with Crippen molar-refractivity contribution in [1.29, 1.82) is 0 Å². The van der Waals surface area contributed by atoms with E-state index >= 15 is 0 Å². The molecule has 0 saturated heterocycles. The Morgan fingerprint density at radius 3 is 2.75 bits per heavy atom. The van der Waals surface area contributed by atoms with Crippen LogP contribution in [-0.4, -0.2) is 22.0 Å². The van der Waals surface area contributed by atoms with Crippen LogP contribution >= 0.6 is 11.3 Å². The number of thiazole rings is 1. The van der Waals surface area contributed by atoms with E-state index in [-0.39, 0.29) is 11.7 Å². The van der Waals surface area contributed by atoms with Gasteiger partial charge in [-0.3, -0.25) is 4.79 Å². The number of pyridine rings is 1. The molecule has 1 N–H and O–H groups in total. The van der Waals surface area contributed by atoms with Crippen molar-refractivity contribution in [3.8, 4) is 16.3 Å². The summed E-state index contributed by atoms with van der Waals surface area (Å²) in [4.78, 5) is 22.2. The molecule has 0 saturated carbocycles. The van der Waals surface area contributed by atoms with Crippen LogP contribution in [0.2, 0.25) is 0 Å². The zero-order chi connectivity index (χ0) is 19.5. The summed E-state index contributed by atoms with van der Waals surface area (Å²) in [5.41, 5.74) is 2.38. The molecular formula is C21H16FN3O2S. The number of anilines is 1. The molecule has 0 aliphatic carbocycles. The average Bonchev–Trinajstić information content (AvgIpc) is 3.14. The lowest BCUT2D eigenvalue weighted by Gasteiger charge is -2.15. The van der Waals surface area contributed by atoms with Gasteiger partial charge in [0.2, 0.25) is 0 Å². The van der Waals surface area contributed by atoms with Gasteiger partial charge in [0.1, 0.15) is 26.9 Å². The first-order valence-electron chi connectivity index (χ1n) is 8.63. The number of nitrogens with one attached hydrogen (secondary N) is 1. The molecule has 0 aliphatic rings. The molecule has 28 heavy (non-hydrogen) atoms. The van der Waals surface area contributed by atoms with Crippen LogP contribution in [0.5, 0.6) is 5.75 Å². The first-order valence-corrected chi connectivity index (χ1v) is 9.45. The van der Waals surface area contributed by atoms with E-state index in [0.29, 0.717) is 11.4 Å². The fraction of sp³-hybridized carbons (Fsp3) is 0.0952. The van der Waals surface area contributed by atoms with Crippen LogP contribution in [0.1, 0.15) is 6.92 Å². The van der Waals surface area contributed by atoms with Crippen LogP contribution in [0, 0.1) is 5.82 Å². The predicted octanol–water partition coefficient (Wildman–Crippen LogP) is 4.90. The normalized spacial score (nSPS) is 11.9. The highest BCUT2D eigenvalue weighted by atomic mass is 32.1. The van der Waals surface area contributed by atoms with E-state index in [0.717, 1.165) is 20.9 Å². The lowest BCUT2D eigenvalue weighted by atomic mass is 10.2. The van der Waals surface area contributed by atoms with Crippen LogP contribution in [0.15, 0.2) is 66.9 Å². The van der Waals surface area contributed by atoms with Gasteiger partial charge in [-0.2, -0.15) is 0 Å². The monoisotopic (exact) mass is 393 g/mol. The van der Waals surface area contributed by atoms with E-state index in [4.69, 9.17) is 4.74 Å². The Kier molecular flexibility index (Phi) is 4.99. The summed E-state index contributed by atoms with van der Waals surface area (Å²) in [6.45, 7) is 1.64. The summed E-state index contributed by atoms with van der Waals surface area (Å²) in [6.07, 6.45) is 1.00. The largest absolute Gasteiger partial charge is 0.481 e. The number of ether oxygens (including phenoxy) is 1. The minimum atomic E-state index is -0.735. The third-order valence-corrected chi connectivity index (χ3v) is 5.07. The molecule has 1 atom stereocenters. The lowest BCUT2D eigenvalue weighted by Crippen LogP contribution is -2.30. The molecule has 5 nitrogen and oxygen atoms in total. The van der Waals surface area contributed by atoms with Gasteiger partial charge < -0.3 is 10.1 Å². The van der Waals surface area contributed by atoms with Gasteiger partial charge in [0.25, 0.3) is 5.91 Å². The molecular weight excluding hydrogens is 377 g/mol. The van der Waals surface area contributed by atoms with Crippen molar-refractivity contribution in [2.24, 2.45) is 0 Å². The van der Waals surface area contributed by atoms with Gasteiger partial charge >= 0.3 is 0 Å². The number of halogens is 1. The van der Waals surface area contributed by atoms with E-state index in [2.05, 4.69) is 15.3 Å². The topological polar surface area (TPSA) is 64.1 Å². The van der Waals surface area contributed by atoms with Crippen molar-refractivity contribution in [2.45, 2.75) is 13.0 Å². The summed E-state index contributed by atoms with van der Waals surface area (Å²) < 4.78 is 18.5. The zero-order valence-electron chi connectivity index (χ0n) is 14.9. The number of aromatic nitrogens is 2. The van der Waals surface area contributed by atoms with Crippen molar-refractivity contribution in [1.82, 2.24) is 9.97 Å². The van der Waals surface area contributed by atoms with E-state index in [1.807, 2.05) is 30.3 Å². The average molecular weight is 393 g/mol. The van der Waals surface area contributed by atoms with Crippen LogP contribution < -0.4 is 10.1 Å². The molecule has 4 aromatic rings. The number of carbonyl (C=O) groups excluding carboxylic acids is 1. The number of nitrogens with zero attached hydrogens (tertiary/aromatic N) is 2. The highest BCUT2D eigenvalue weighted by Gasteiger charge is 2.16. The summed E-state index contributed by atoms with van der Waals surface area (Å²) in [5, 5.41) is 3.67. The van der Waals surface area contributed by atoms with E-state index < -0.39 is 6.10 Å². The van der Waals surface area contributed by atoms with E-state index in [1.165, 1.54) is 35.6 Å². The van der Waals surface area contributed by atoms with Crippen LogP contribution in [0.4, 0.5) is 10.1 Å². The van der Waals surface area contributed by atoms with Gasteiger partial charge in [0.15, 0.2) is 6.10 Å². The molecule has 2 aromatic heterocycles. The Hall–Kier alpha value is -3.32. The van der Waals surface area contributed by atoms with Crippen molar-refractivity contribution in [3.05, 3.63) is 72.7 Å². The molecule has 2 heterocycles. The van der Waals surface area contributed by atoms with Crippen molar-refractivity contribution < 1.29 is 13.9 Å². The Balaban J connectivity index is 1.48. The number of hydrogen-bond acceptors (Lipinski definition) is 5. The predicted molar refractivity (Wildman–Crippen MR) is 108 cm³/mol. The zero-order valence-corrected chi connectivity index (χ0v) is 15.7. The lowest BCUT2D eigenvalue weighted by molar-refractivity contribution is -0.122. The van der Waals surface area contributed by atoms with E-state index in [1.54, 1.807) is 19.2 Å². The SMILES string of the molecule is CC(Oc1ccc(F)cc1)C(=O)Nc1cccc(-c2nc3cccnc3s2)c1. The van der Waals surface area contributed by atoms with Gasteiger partial charge in [-0.1, -0.05) is 23.5 Å². The Bertz CT molecular complexity index is 1090. The quantitative estimate of drug-likeness (QED) is 0.524. The standard InChI is InChI=1S/C21H16FN3O2S/c1-13(27-17-9-7-15(22)8-10-17)19(26)24-16-5-2-4-14(12-16)20-25-18-6-3-11-23-21(18)28-20/h2-13H,1H3,(H,24,26). The van der Waals surface area contributed by atoms with Crippen molar-refractivity contribution >= 4 is 33.3 Å². The number of fused-ring (bicyclic) bond motifs is 1. The molecule has 140 valence electrons. The van der Waals surface area contributed by atoms with Crippen molar-refractivity contribution in [2.75, 3.05) is 5.32 Å². The Morgan fingerprint density at radius 2 is 1.96 bits per heavy atom. The first-order chi connectivity index (χ1) is 13.6. The summed E-state index contributed by atoms with van der Waals surface area (Å²) >= 11 is 1.50. The van der Waals surface area contributed by atoms with Gasteiger partial charge in [0, 0.05) is 17.4 Å². The van der Waals surface area contributed by atoms with Crippen LogP contribution in [0.25, 0.3) is 20.9 Å². The molecule has 0 spiro atoms. The Morgan fingerprint density at radius 1 is 1.14 bits per heavy atom. The maximum atomic E-state index is 13.0. The summed E-state index contributed by atoms with van der Waals surface area (Å²) in [7, 11) is 0. The molecule has 0 radical (unpaired) electrons. The van der Waals surface area contributed by atoms with Gasteiger partial charge in [-0.15, -0.1) is 0 Å². The van der Waals surface area contributed by atoms with Crippen molar-refractivity contribution in [3.63, 3.8) is 0 Å². The first kappa shape index (κ1) is 18.1. The Labute approximate surface area is 164 Å². The fourth-order valence-electron chi connectivity index (χ4n) is 2.64.